The summed E-state index contributed by atoms with van der Waals surface area (Å²) in [6, 6.07) is 13.0. The minimum atomic E-state index is -0.256. The molecule has 6 heteroatoms. The van der Waals surface area contributed by atoms with E-state index in [0.717, 1.165) is 22.7 Å². The van der Waals surface area contributed by atoms with Crippen LogP contribution in [0, 0.1) is 19.8 Å². The van der Waals surface area contributed by atoms with Crippen molar-refractivity contribution in [3.8, 4) is 5.75 Å². The molecule has 3 rings (SSSR count). The normalized spacial score (nSPS) is 16.3. The number of rotatable bonds is 5. The lowest BCUT2D eigenvalue weighted by atomic mass is 10.1. The Morgan fingerprint density at radius 3 is 2.56 bits per heavy atom. The third-order valence-corrected chi connectivity index (χ3v) is 4.91. The van der Waals surface area contributed by atoms with Gasteiger partial charge in [0.15, 0.2) is 0 Å². The molecule has 0 spiro atoms. The third kappa shape index (κ3) is 4.58. The Morgan fingerprint density at radius 2 is 1.89 bits per heavy atom. The van der Waals surface area contributed by atoms with Crippen molar-refractivity contribution in [1.29, 1.82) is 0 Å². The van der Waals surface area contributed by atoms with Crippen molar-refractivity contribution < 1.29 is 14.3 Å². The summed E-state index contributed by atoms with van der Waals surface area (Å²) in [6.07, 6.45) is 0.427. The van der Waals surface area contributed by atoms with E-state index in [1.54, 1.807) is 12.0 Å². The number of hydrogen-bond donors (Lipinski definition) is 2. The van der Waals surface area contributed by atoms with Gasteiger partial charge in [-0.15, -0.1) is 0 Å². The number of carbonyl (C=O) groups is 2. The van der Waals surface area contributed by atoms with Crippen LogP contribution in [0.3, 0.4) is 0 Å². The molecule has 2 N–H and O–H groups in total. The van der Waals surface area contributed by atoms with E-state index in [2.05, 4.69) is 10.6 Å². The Balaban J connectivity index is 1.51. The zero-order valence-electron chi connectivity index (χ0n) is 15.9. The molecule has 1 aliphatic rings. The van der Waals surface area contributed by atoms with E-state index in [1.165, 1.54) is 5.56 Å². The van der Waals surface area contributed by atoms with Gasteiger partial charge in [0.1, 0.15) is 5.75 Å². The second kappa shape index (κ2) is 8.12. The van der Waals surface area contributed by atoms with Crippen LogP contribution in [0.25, 0.3) is 0 Å². The lowest BCUT2D eigenvalue weighted by molar-refractivity contribution is -0.117. The number of methoxy groups -OCH3 is 1. The number of carbonyl (C=O) groups excluding carboxylic acids is 2. The number of anilines is 2. The van der Waals surface area contributed by atoms with Gasteiger partial charge in [0.2, 0.25) is 5.91 Å². The highest BCUT2D eigenvalue weighted by Crippen LogP contribution is 2.26. The molecule has 142 valence electrons. The maximum Gasteiger partial charge on any atom is 0.319 e. The lowest BCUT2D eigenvalue weighted by Gasteiger charge is -2.17. The molecule has 0 radical (unpaired) electrons. The average molecular weight is 367 g/mol. The van der Waals surface area contributed by atoms with E-state index in [1.807, 2.05) is 56.3 Å². The minimum Gasteiger partial charge on any atom is -0.497 e. The maximum absolute atomic E-state index is 12.3. The number of nitrogens with zero attached hydrogens (tertiary/aromatic N) is 1. The molecular formula is C21H25N3O3. The van der Waals surface area contributed by atoms with Crippen molar-refractivity contribution in [1.82, 2.24) is 5.32 Å². The third-order valence-electron chi connectivity index (χ3n) is 4.91. The molecule has 1 heterocycles. The van der Waals surface area contributed by atoms with Gasteiger partial charge in [-0.1, -0.05) is 6.07 Å². The Bertz CT molecular complexity index is 833. The predicted octanol–water partition coefficient (Wildman–Crippen LogP) is 3.49. The van der Waals surface area contributed by atoms with E-state index in [0.29, 0.717) is 19.5 Å². The molecule has 0 bridgehead atoms. The summed E-state index contributed by atoms with van der Waals surface area (Å²) in [4.78, 5) is 26.2. The van der Waals surface area contributed by atoms with E-state index in [-0.39, 0.29) is 17.9 Å². The summed E-state index contributed by atoms with van der Waals surface area (Å²) in [5.74, 6) is 0.915. The summed E-state index contributed by atoms with van der Waals surface area (Å²) >= 11 is 0. The monoisotopic (exact) mass is 367 g/mol. The van der Waals surface area contributed by atoms with Crippen LogP contribution in [-0.4, -0.2) is 32.1 Å². The number of aryl methyl sites for hydroxylation is 2. The molecule has 1 atom stereocenters. The van der Waals surface area contributed by atoms with Crippen LogP contribution in [0.1, 0.15) is 17.5 Å². The number of hydrogen-bond acceptors (Lipinski definition) is 3. The van der Waals surface area contributed by atoms with E-state index >= 15 is 0 Å². The predicted molar refractivity (Wildman–Crippen MR) is 106 cm³/mol. The summed E-state index contributed by atoms with van der Waals surface area (Å²) in [7, 11) is 1.61. The van der Waals surface area contributed by atoms with Gasteiger partial charge in [-0.2, -0.15) is 0 Å². The molecule has 6 nitrogen and oxygen atoms in total. The summed E-state index contributed by atoms with van der Waals surface area (Å²) in [5.41, 5.74) is 3.93. The van der Waals surface area contributed by atoms with Gasteiger partial charge in [0, 0.05) is 36.8 Å². The number of nitrogens with one attached hydrogen (secondary N) is 2. The first-order valence-corrected chi connectivity index (χ1v) is 9.03. The second-order valence-corrected chi connectivity index (χ2v) is 6.91. The van der Waals surface area contributed by atoms with Gasteiger partial charge in [-0.05, 0) is 61.4 Å². The fourth-order valence-corrected chi connectivity index (χ4v) is 3.16. The second-order valence-electron chi connectivity index (χ2n) is 6.91. The van der Waals surface area contributed by atoms with Crippen LogP contribution in [0.15, 0.2) is 42.5 Å². The number of urea groups is 1. The molecule has 27 heavy (non-hydrogen) atoms. The molecule has 2 aromatic carbocycles. The number of benzene rings is 2. The number of amides is 3. The van der Waals surface area contributed by atoms with Gasteiger partial charge >= 0.3 is 6.03 Å². The van der Waals surface area contributed by atoms with Crippen molar-refractivity contribution in [3.63, 3.8) is 0 Å². The quantitative estimate of drug-likeness (QED) is 0.850. The van der Waals surface area contributed by atoms with Crippen molar-refractivity contribution in [3.05, 3.63) is 53.6 Å². The molecule has 2 aromatic rings. The van der Waals surface area contributed by atoms with Crippen LogP contribution in [-0.2, 0) is 4.79 Å². The first kappa shape index (κ1) is 18.8. The van der Waals surface area contributed by atoms with E-state index < -0.39 is 0 Å². The van der Waals surface area contributed by atoms with E-state index in [4.69, 9.17) is 4.74 Å². The molecule has 0 aliphatic carbocycles. The van der Waals surface area contributed by atoms with Gasteiger partial charge in [0.25, 0.3) is 0 Å². The zero-order valence-corrected chi connectivity index (χ0v) is 15.9. The van der Waals surface area contributed by atoms with Gasteiger partial charge in [-0.3, -0.25) is 4.79 Å². The molecule has 1 saturated heterocycles. The minimum absolute atomic E-state index is 0.0709. The van der Waals surface area contributed by atoms with Crippen molar-refractivity contribution in [2.24, 2.45) is 5.92 Å². The molecule has 1 unspecified atom stereocenters. The SMILES string of the molecule is COc1ccc(N2CC(CNC(=O)Nc3ccc(C)c(C)c3)CC2=O)cc1. The standard InChI is InChI=1S/C21H25N3O3/c1-14-4-5-17(10-15(14)2)23-21(26)22-12-16-11-20(25)24(13-16)18-6-8-19(27-3)9-7-18/h4-10,16H,11-13H2,1-3H3,(H2,22,23,26). The fourth-order valence-electron chi connectivity index (χ4n) is 3.16. The Labute approximate surface area is 159 Å². The van der Waals surface area contributed by atoms with E-state index in [9.17, 15) is 9.59 Å². The van der Waals surface area contributed by atoms with Crippen molar-refractivity contribution in [2.45, 2.75) is 20.3 Å². The maximum atomic E-state index is 12.3. The van der Waals surface area contributed by atoms with Crippen molar-refractivity contribution >= 4 is 23.3 Å². The van der Waals surface area contributed by atoms with Crippen LogP contribution < -0.4 is 20.3 Å². The van der Waals surface area contributed by atoms with Crippen LogP contribution in [0.5, 0.6) is 5.75 Å². The molecule has 0 saturated carbocycles. The fraction of sp³-hybridized carbons (Fsp3) is 0.333. The Morgan fingerprint density at radius 1 is 1.15 bits per heavy atom. The largest absolute Gasteiger partial charge is 0.497 e. The molecular weight excluding hydrogens is 342 g/mol. The van der Waals surface area contributed by atoms with Crippen molar-refractivity contribution in [2.75, 3.05) is 30.4 Å². The highest BCUT2D eigenvalue weighted by atomic mass is 16.5. The first-order valence-electron chi connectivity index (χ1n) is 9.03. The topological polar surface area (TPSA) is 70.7 Å². The van der Waals surface area contributed by atoms with Gasteiger partial charge in [-0.25, -0.2) is 4.79 Å². The molecule has 0 aromatic heterocycles. The highest BCUT2D eigenvalue weighted by Gasteiger charge is 2.30. The van der Waals surface area contributed by atoms with Crippen LogP contribution in [0.4, 0.5) is 16.2 Å². The van der Waals surface area contributed by atoms with Crippen LogP contribution in [0.2, 0.25) is 0 Å². The zero-order chi connectivity index (χ0) is 19.4. The summed E-state index contributed by atoms with van der Waals surface area (Å²) in [5, 5.41) is 5.71. The number of ether oxygens (including phenoxy) is 1. The molecule has 3 amide bonds. The van der Waals surface area contributed by atoms with Crippen LogP contribution >= 0.6 is 0 Å². The lowest BCUT2D eigenvalue weighted by Crippen LogP contribution is -2.34. The van der Waals surface area contributed by atoms with Gasteiger partial charge < -0.3 is 20.3 Å². The Kier molecular flexibility index (Phi) is 5.64. The highest BCUT2D eigenvalue weighted by molar-refractivity contribution is 5.96. The Hall–Kier alpha value is -3.02. The molecule has 1 fully saturated rings. The molecule has 1 aliphatic heterocycles. The average Bonchev–Trinajstić information content (AvgIpc) is 3.04. The first-order chi connectivity index (χ1) is 13.0. The smallest absolute Gasteiger partial charge is 0.319 e. The summed E-state index contributed by atoms with van der Waals surface area (Å²) < 4.78 is 5.15. The van der Waals surface area contributed by atoms with Gasteiger partial charge in [0.05, 0.1) is 7.11 Å². The summed E-state index contributed by atoms with van der Waals surface area (Å²) in [6.45, 7) is 5.09.